The van der Waals surface area contributed by atoms with Gasteiger partial charge in [0.25, 0.3) is 0 Å². The van der Waals surface area contributed by atoms with E-state index in [2.05, 4.69) is 76.2 Å². The van der Waals surface area contributed by atoms with Gasteiger partial charge in [-0.15, -0.1) is 0 Å². The standard InChI is InChI=1S/C36H67N/c1-19-12-15-31(37)18-34-33-17-14-30-13-16-32(30)36(33)35(34)29(11)28(10)27(9)26(8)25(7)24(6)23(5)22(4)21(3)20(19)2/h19-36H,12-18,37H2,1-11H3. The van der Waals surface area contributed by atoms with Crippen molar-refractivity contribution in [3.8, 4) is 0 Å². The Kier molecular flexibility index (Phi) is 9.57. The molecule has 4 aliphatic carbocycles. The lowest BCUT2D eigenvalue weighted by atomic mass is 9.39. The Morgan fingerprint density at radius 3 is 1.30 bits per heavy atom. The normalized spacial score (nSPS) is 58.1. The molecule has 0 aliphatic heterocycles. The van der Waals surface area contributed by atoms with E-state index in [0.29, 0.717) is 6.04 Å². The zero-order valence-corrected chi connectivity index (χ0v) is 26.9. The van der Waals surface area contributed by atoms with Crippen LogP contribution in [-0.4, -0.2) is 6.04 Å². The maximum atomic E-state index is 7.01. The van der Waals surface area contributed by atoms with Crippen LogP contribution in [0.1, 0.15) is 121 Å². The SMILES string of the molecule is CC1CCC(N)CC2C3CCC4CCC4C3C2C(C)C(C)C(C)C(C)C(C)C(C)C(C)C(C)C(C)C1C. The first-order valence-electron chi connectivity index (χ1n) is 17.1. The van der Waals surface area contributed by atoms with Gasteiger partial charge in [-0.3, -0.25) is 0 Å². The summed E-state index contributed by atoms with van der Waals surface area (Å²) >= 11 is 0. The molecule has 216 valence electrons. The van der Waals surface area contributed by atoms with Gasteiger partial charge in [0.1, 0.15) is 0 Å². The van der Waals surface area contributed by atoms with E-state index in [0.717, 1.165) is 101 Å². The Bertz CT molecular complexity index is 730. The molecule has 0 radical (unpaired) electrons. The monoisotopic (exact) mass is 514 g/mol. The van der Waals surface area contributed by atoms with Crippen molar-refractivity contribution in [3.05, 3.63) is 0 Å². The fourth-order valence-electron chi connectivity index (χ4n) is 10.9. The van der Waals surface area contributed by atoms with Crippen molar-refractivity contribution in [1.29, 1.82) is 0 Å². The smallest absolute Gasteiger partial charge is 0.00417 e. The number of rotatable bonds is 0. The van der Waals surface area contributed by atoms with E-state index in [9.17, 15) is 0 Å². The van der Waals surface area contributed by atoms with E-state index < -0.39 is 0 Å². The van der Waals surface area contributed by atoms with Crippen molar-refractivity contribution < 1.29 is 0 Å². The van der Waals surface area contributed by atoms with Crippen LogP contribution in [0.5, 0.6) is 0 Å². The number of fused-ring (bicyclic) bond motifs is 6. The fourth-order valence-corrected chi connectivity index (χ4v) is 10.9. The maximum absolute atomic E-state index is 7.01. The molecule has 2 N–H and O–H groups in total. The second kappa shape index (κ2) is 11.8. The summed E-state index contributed by atoms with van der Waals surface area (Å²) in [6, 6.07) is 0.406. The molecule has 0 amide bonds. The molecule has 4 aliphatic rings. The maximum Gasteiger partial charge on any atom is 0.00417 e. The van der Waals surface area contributed by atoms with Crippen molar-refractivity contribution in [2.24, 2.45) is 106 Å². The van der Waals surface area contributed by atoms with Crippen LogP contribution in [0.4, 0.5) is 0 Å². The van der Waals surface area contributed by atoms with Gasteiger partial charge < -0.3 is 5.73 Å². The van der Waals surface area contributed by atoms with Crippen LogP contribution in [0.15, 0.2) is 0 Å². The molecule has 1 heteroatoms. The summed E-state index contributed by atoms with van der Waals surface area (Å²) in [6.45, 7) is 28.5. The molecule has 0 bridgehead atoms. The Balaban J connectivity index is 1.60. The predicted octanol–water partition coefficient (Wildman–Crippen LogP) is 9.79. The van der Waals surface area contributed by atoms with Gasteiger partial charge >= 0.3 is 0 Å². The third-order valence-corrected chi connectivity index (χ3v) is 15.4. The molecule has 18 unspecified atom stereocenters. The number of hydrogen-bond acceptors (Lipinski definition) is 1. The molecule has 4 rings (SSSR count). The first kappa shape index (κ1) is 29.9. The molecule has 0 aromatic heterocycles. The van der Waals surface area contributed by atoms with Crippen molar-refractivity contribution >= 4 is 0 Å². The quantitative estimate of drug-likeness (QED) is 0.342. The summed E-state index contributed by atoms with van der Waals surface area (Å²) in [5, 5.41) is 0. The molecule has 4 fully saturated rings. The predicted molar refractivity (Wildman–Crippen MR) is 162 cm³/mol. The van der Waals surface area contributed by atoms with Gasteiger partial charge in [0.15, 0.2) is 0 Å². The van der Waals surface area contributed by atoms with Gasteiger partial charge in [0.05, 0.1) is 0 Å². The first-order valence-corrected chi connectivity index (χ1v) is 17.1. The van der Waals surface area contributed by atoms with Crippen molar-refractivity contribution in [3.63, 3.8) is 0 Å². The summed E-state index contributed by atoms with van der Waals surface area (Å²) in [5.74, 6) is 14.6. The highest BCUT2D eigenvalue weighted by Crippen LogP contribution is 2.66. The minimum Gasteiger partial charge on any atom is -0.328 e. The average molecular weight is 514 g/mol. The van der Waals surface area contributed by atoms with Gasteiger partial charge in [0.2, 0.25) is 0 Å². The molecular weight excluding hydrogens is 446 g/mol. The molecule has 0 aromatic rings. The second-order valence-corrected chi connectivity index (χ2v) is 16.2. The molecule has 4 saturated carbocycles. The van der Waals surface area contributed by atoms with Crippen LogP contribution in [0.25, 0.3) is 0 Å². The van der Waals surface area contributed by atoms with Crippen LogP contribution in [0.3, 0.4) is 0 Å². The zero-order chi connectivity index (χ0) is 27.3. The van der Waals surface area contributed by atoms with Crippen LogP contribution in [0.2, 0.25) is 0 Å². The summed E-state index contributed by atoms with van der Waals surface area (Å²) in [5.41, 5.74) is 7.01. The summed E-state index contributed by atoms with van der Waals surface area (Å²) in [7, 11) is 0. The van der Waals surface area contributed by atoms with Crippen molar-refractivity contribution in [2.75, 3.05) is 0 Å². The molecule has 1 nitrogen and oxygen atoms in total. The van der Waals surface area contributed by atoms with Gasteiger partial charge in [-0.25, -0.2) is 0 Å². The van der Waals surface area contributed by atoms with Gasteiger partial charge in [-0.05, 0) is 146 Å². The fraction of sp³-hybridized carbons (Fsp3) is 1.00. The number of nitrogens with two attached hydrogens (primary N) is 1. The summed E-state index contributed by atoms with van der Waals surface area (Å²) < 4.78 is 0. The number of hydrogen-bond donors (Lipinski definition) is 1. The van der Waals surface area contributed by atoms with Gasteiger partial charge in [-0.1, -0.05) is 76.2 Å². The molecule has 0 saturated heterocycles. The van der Waals surface area contributed by atoms with E-state index in [1.54, 1.807) is 0 Å². The topological polar surface area (TPSA) is 26.0 Å². The van der Waals surface area contributed by atoms with E-state index in [1.807, 2.05) is 0 Å². The highest BCUT2D eigenvalue weighted by atomic mass is 14.7. The van der Waals surface area contributed by atoms with Crippen LogP contribution >= 0.6 is 0 Å². The summed E-state index contributed by atoms with van der Waals surface area (Å²) in [4.78, 5) is 0. The zero-order valence-electron chi connectivity index (χ0n) is 26.9. The lowest BCUT2D eigenvalue weighted by molar-refractivity contribution is -0.174. The lowest BCUT2D eigenvalue weighted by Gasteiger charge is -2.66. The Morgan fingerprint density at radius 1 is 0.378 bits per heavy atom. The van der Waals surface area contributed by atoms with E-state index in [-0.39, 0.29) is 0 Å². The highest BCUT2D eigenvalue weighted by molar-refractivity contribution is 5.09. The minimum atomic E-state index is 0.406. The average Bonchev–Trinajstić information content (AvgIpc) is 2.87. The van der Waals surface area contributed by atoms with E-state index in [1.165, 1.54) is 44.9 Å². The first-order chi connectivity index (χ1) is 17.4. The highest BCUT2D eigenvalue weighted by Gasteiger charge is 2.60. The molecular formula is C36H67N. The summed E-state index contributed by atoms with van der Waals surface area (Å²) in [6.07, 6.45) is 9.97. The lowest BCUT2D eigenvalue weighted by Crippen LogP contribution is -2.60. The second-order valence-electron chi connectivity index (χ2n) is 16.2. The van der Waals surface area contributed by atoms with Gasteiger partial charge in [0, 0.05) is 6.04 Å². The largest absolute Gasteiger partial charge is 0.328 e. The molecule has 18 atom stereocenters. The van der Waals surface area contributed by atoms with Crippen LogP contribution in [0, 0.1) is 101 Å². The Morgan fingerprint density at radius 2 is 0.811 bits per heavy atom. The molecule has 0 heterocycles. The van der Waals surface area contributed by atoms with Crippen molar-refractivity contribution in [1.82, 2.24) is 0 Å². The van der Waals surface area contributed by atoms with Gasteiger partial charge in [-0.2, -0.15) is 0 Å². The molecule has 0 aromatic carbocycles. The third kappa shape index (κ3) is 5.48. The minimum absolute atomic E-state index is 0.406. The van der Waals surface area contributed by atoms with Crippen LogP contribution in [-0.2, 0) is 0 Å². The Hall–Kier alpha value is -0.0400. The molecule has 0 spiro atoms. The van der Waals surface area contributed by atoms with E-state index >= 15 is 0 Å². The third-order valence-electron chi connectivity index (χ3n) is 15.4. The van der Waals surface area contributed by atoms with Crippen molar-refractivity contribution in [2.45, 2.75) is 127 Å². The van der Waals surface area contributed by atoms with Crippen LogP contribution < -0.4 is 5.73 Å². The van der Waals surface area contributed by atoms with E-state index in [4.69, 9.17) is 5.73 Å². The molecule has 37 heavy (non-hydrogen) atoms. The Labute approximate surface area is 233 Å².